The molecule has 0 fully saturated rings. The molecular weight excluding hydrogens is 269 g/mol. The van der Waals surface area contributed by atoms with Gasteiger partial charge in [-0.05, 0) is 12.5 Å². The Hall–Kier alpha value is -0.700. The van der Waals surface area contributed by atoms with Crippen LogP contribution in [0, 0.1) is 6.92 Å². The lowest BCUT2D eigenvalue weighted by Gasteiger charge is -2.15. The molecule has 0 atom stereocenters. The molecule has 0 saturated heterocycles. The maximum atomic E-state index is 5.84. The van der Waals surface area contributed by atoms with Gasteiger partial charge in [0.2, 0.25) is 0 Å². The van der Waals surface area contributed by atoms with Crippen LogP contribution in [0.2, 0.25) is 0 Å². The summed E-state index contributed by atoms with van der Waals surface area (Å²) >= 11 is 11.4. The fraction of sp³-hybridized carbons (Fsp3) is 0.429. The zero-order chi connectivity index (χ0) is 13.5. The summed E-state index contributed by atoms with van der Waals surface area (Å²) in [6.07, 6.45) is 0. The van der Waals surface area contributed by atoms with Crippen LogP contribution in [0.5, 0.6) is 5.75 Å². The van der Waals surface area contributed by atoms with Crippen molar-refractivity contribution >= 4 is 23.2 Å². The highest BCUT2D eigenvalue weighted by molar-refractivity contribution is 6.36. The van der Waals surface area contributed by atoms with E-state index in [1.54, 1.807) is 0 Å². The van der Waals surface area contributed by atoms with E-state index in [9.17, 15) is 0 Å². The van der Waals surface area contributed by atoms with Gasteiger partial charge in [-0.25, -0.2) is 0 Å². The fourth-order valence-electron chi connectivity index (χ4n) is 1.55. The summed E-state index contributed by atoms with van der Waals surface area (Å²) in [5.74, 6) is 0.877. The van der Waals surface area contributed by atoms with Crippen LogP contribution in [0.1, 0.15) is 25.0 Å². The van der Waals surface area contributed by atoms with Gasteiger partial charge in [-0.2, -0.15) is 0 Å². The molecule has 0 unspecified atom stereocenters. The van der Waals surface area contributed by atoms with Gasteiger partial charge >= 0.3 is 0 Å². The lowest BCUT2D eigenvalue weighted by atomic mass is 10.1. The van der Waals surface area contributed by atoms with Gasteiger partial charge in [0.15, 0.2) is 0 Å². The van der Waals surface area contributed by atoms with Gasteiger partial charge in [0, 0.05) is 23.7 Å². The van der Waals surface area contributed by atoms with Crippen molar-refractivity contribution in [2.24, 2.45) is 0 Å². The van der Waals surface area contributed by atoms with Crippen molar-refractivity contribution in [3.63, 3.8) is 0 Å². The molecule has 18 heavy (non-hydrogen) atoms. The summed E-state index contributed by atoms with van der Waals surface area (Å²) in [6.45, 7) is 7.32. The Kier molecular flexibility index (Phi) is 6.55. The van der Waals surface area contributed by atoms with Crippen molar-refractivity contribution in [1.82, 2.24) is 5.32 Å². The number of aryl methyl sites for hydroxylation is 1. The lowest BCUT2D eigenvalue weighted by molar-refractivity contribution is 0.351. The van der Waals surface area contributed by atoms with Gasteiger partial charge in [0.05, 0.1) is 5.03 Å². The number of benzene rings is 1. The predicted octanol–water partition coefficient (Wildman–Crippen LogP) is 4.19. The molecule has 0 amide bonds. The van der Waals surface area contributed by atoms with E-state index in [2.05, 4.69) is 25.2 Å². The second-order valence-electron chi connectivity index (χ2n) is 4.44. The Morgan fingerprint density at radius 1 is 1.44 bits per heavy atom. The summed E-state index contributed by atoms with van der Waals surface area (Å²) < 4.78 is 5.73. The number of nitrogens with one attached hydrogen (secondary N) is 1. The van der Waals surface area contributed by atoms with Crippen LogP contribution < -0.4 is 10.1 Å². The molecule has 1 rings (SSSR count). The molecule has 0 saturated carbocycles. The summed E-state index contributed by atoms with van der Waals surface area (Å²) in [6, 6.07) is 6.53. The van der Waals surface area contributed by atoms with E-state index in [0.717, 1.165) is 23.4 Å². The second-order valence-corrected chi connectivity index (χ2v) is 5.15. The second kappa shape index (κ2) is 7.67. The average Bonchev–Trinajstić information content (AvgIpc) is 2.34. The fourth-order valence-corrected chi connectivity index (χ4v) is 1.66. The molecule has 100 valence electrons. The molecule has 0 bridgehead atoms. The third-order valence-corrected chi connectivity index (χ3v) is 3.06. The van der Waals surface area contributed by atoms with E-state index in [1.165, 1.54) is 5.54 Å². The molecule has 1 aromatic rings. The minimum Gasteiger partial charge on any atom is -0.487 e. The SMILES string of the molecule is Cc1cccc(CNC(C)C)c1OC/C(Cl)=C/Cl. The summed E-state index contributed by atoms with van der Waals surface area (Å²) in [7, 11) is 0. The van der Waals surface area contributed by atoms with E-state index < -0.39 is 0 Å². The number of halogens is 2. The van der Waals surface area contributed by atoms with Gasteiger partial charge in [0.25, 0.3) is 0 Å². The highest BCUT2D eigenvalue weighted by Gasteiger charge is 2.08. The molecule has 4 heteroatoms. The van der Waals surface area contributed by atoms with Gasteiger partial charge in [0.1, 0.15) is 12.4 Å². The first-order chi connectivity index (χ1) is 8.54. The first kappa shape index (κ1) is 15.4. The van der Waals surface area contributed by atoms with Crippen molar-refractivity contribution in [3.8, 4) is 5.75 Å². The van der Waals surface area contributed by atoms with Crippen LogP contribution in [0.4, 0.5) is 0 Å². The Balaban J connectivity index is 2.80. The highest BCUT2D eigenvalue weighted by Crippen LogP contribution is 2.24. The van der Waals surface area contributed by atoms with E-state index >= 15 is 0 Å². The number of para-hydroxylation sites is 1. The van der Waals surface area contributed by atoms with Crippen LogP contribution in [0.15, 0.2) is 28.8 Å². The molecule has 0 heterocycles. The molecular formula is C14H19Cl2NO. The van der Waals surface area contributed by atoms with Crippen molar-refractivity contribution in [1.29, 1.82) is 0 Å². The third kappa shape index (κ3) is 4.89. The van der Waals surface area contributed by atoms with Crippen molar-refractivity contribution < 1.29 is 4.74 Å². The quantitative estimate of drug-likeness (QED) is 0.847. The van der Waals surface area contributed by atoms with Gasteiger partial charge < -0.3 is 10.1 Å². The van der Waals surface area contributed by atoms with E-state index in [-0.39, 0.29) is 0 Å². The number of ether oxygens (including phenoxy) is 1. The van der Waals surface area contributed by atoms with E-state index in [4.69, 9.17) is 27.9 Å². The third-order valence-electron chi connectivity index (χ3n) is 2.47. The normalized spacial score (nSPS) is 12.0. The van der Waals surface area contributed by atoms with Crippen LogP contribution in [-0.4, -0.2) is 12.6 Å². The van der Waals surface area contributed by atoms with Crippen molar-refractivity contribution in [3.05, 3.63) is 39.9 Å². The topological polar surface area (TPSA) is 21.3 Å². The van der Waals surface area contributed by atoms with Crippen LogP contribution in [0.3, 0.4) is 0 Å². The van der Waals surface area contributed by atoms with Crippen molar-refractivity contribution in [2.75, 3.05) is 6.61 Å². The Bertz CT molecular complexity index is 416. The molecule has 1 aromatic carbocycles. The monoisotopic (exact) mass is 287 g/mol. The zero-order valence-electron chi connectivity index (χ0n) is 11.0. The smallest absolute Gasteiger partial charge is 0.127 e. The molecule has 0 aliphatic carbocycles. The van der Waals surface area contributed by atoms with E-state index in [0.29, 0.717) is 17.7 Å². The summed E-state index contributed by atoms with van der Waals surface area (Å²) in [5.41, 5.74) is 3.55. The van der Waals surface area contributed by atoms with Gasteiger partial charge in [-0.3, -0.25) is 0 Å². The number of hydrogen-bond donors (Lipinski definition) is 1. The molecule has 0 aliphatic rings. The summed E-state index contributed by atoms with van der Waals surface area (Å²) in [5, 5.41) is 3.87. The Morgan fingerprint density at radius 3 is 2.78 bits per heavy atom. The zero-order valence-corrected chi connectivity index (χ0v) is 12.5. The molecule has 1 N–H and O–H groups in total. The van der Waals surface area contributed by atoms with Crippen LogP contribution >= 0.6 is 23.2 Å². The first-order valence-corrected chi connectivity index (χ1v) is 6.75. The number of hydrogen-bond acceptors (Lipinski definition) is 2. The maximum Gasteiger partial charge on any atom is 0.127 e. The van der Waals surface area contributed by atoms with Crippen LogP contribution in [0.25, 0.3) is 0 Å². The molecule has 0 radical (unpaired) electrons. The lowest BCUT2D eigenvalue weighted by Crippen LogP contribution is -2.22. The van der Waals surface area contributed by atoms with Gasteiger partial charge in [-0.15, -0.1) is 0 Å². The van der Waals surface area contributed by atoms with Crippen molar-refractivity contribution in [2.45, 2.75) is 33.4 Å². The highest BCUT2D eigenvalue weighted by atomic mass is 35.5. The molecule has 0 aromatic heterocycles. The average molecular weight is 288 g/mol. The maximum absolute atomic E-state index is 5.84. The summed E-state index contributed by atoms with van der Waals surface area (Å²) in [4.78, 5) is 0. The minimum absolute atomic E-state index is 0.296. The molecule has 2 nitrogen and oxygen atoms in total. The first-order valence-electron chi connectivity index (χ1n) is 5.94. The minimum atomic E-state index is 0.296. The molecule has 0 spiro atoms. The van der Waals surface area contributed by atoms with E-state index in [1.807, 2.05) is 19.1 Å². The molecule has 0 aliphatic heterocycles. The predicted molar refractivity (Wildman–Crippen MR) is 78.4 cm³/mol. The van der Waals surface area contributed by atoms with Crippen LogP contribution in [-0.2, 0) is 6.54 Å². The standard InChI is InChI=1S/C14H19Cl2NO/c1-10(2)17-8-12-6-4-5-11(3)14(12)18-9-13(16)7-15/h4-7,10,17H,8-9H2,1-3H3/b13-7-. The Labute approximate surface area is 119 Å². The Morgan fingerprint density at radius 2 is 2.17 bits per heavy atom. The van der Waals surface area contributed by atoms with Gasteiger partial charge in [-0.1, -0.05) is 55.2 Å². The largest absolute Gasteiger partial charge is 0.487 e. The number of rotatable bonds is 6.